The predicted molar refractivity (Wildman–Crippen MR) is 99.2 cm³/mol. The number of nitrogens with zero attached hydrogens (tertiary/aromatic N) is 2. The summed E-state index contributed by atoms with van der Waals surface area (Å²) in [5.74, 6) is 0. The van der Waals surface area contributed by atoms with E-state index in [0.29, 0.717) is 0 Å². The van der Waals surface area contributed by atoms with Gasteiger partial charge in [-0.2, -0.15) is 0 Å². The minimum absolute atomic E-state index is 0.811. The van der Waals surface area contributed by atoms with Gasteiger partial charge < -0.3 is 0 Å². The number of hydrogen-bond acceptors (Lipinski definition) is 0. The number of unbranched alkanes of at least 4 members (excludes halogenated alkanes) is 1. The summed E-state index contributed by atoms with van der Waals surface area (Å²) in [4.78, 5) is 0. The van der Waals surface area contributed by atoms with Crippen LogP contribution in [0.15, 0.2) is 73.3 Å². The number of rotatable bonds is 8. The van der Waals surface area contributed by atoms with E-state index in [9.17, 15) is 0 Å². The van der Waals surface area contributed by atoms with Crippen molar-refractivity contribution >= 4 is 11.6 Å². The van der Waals surface area contributed by atoms with Crippen molar-refractivity contribution in [1.82, 2.24) is 4.57 Å². The fourth-order valence-corrected chi connectivity index (χ4v) is 3.01. The lowest BCUT2D eigenvalue weighted by molar-refractivity contribution is -0.696. The Kier molecular flexibility index (Phi) is 6.08. The van der Waals surface area contributed by atoms with Gasteiger partial charge >= 0.3 is 0 Å². The van der Waals surface area contributed by atoms with Crippen LogP contribution in [0.1, 0.15) is 24.0 Å². The molecule has 3 aromatic rings. The van der Waals surface area contributed by atoms with E-state index in [2.05, 4.69) is 70.3 Å². The van der Waals surface area contributed by atoms with Gasteiger partial charge in [-0.3, -0.25) is 0 Å². The highest BCUT2D eigenvalue weighted by Crippen LogP contribution is 2.11. The molecule has 0 N–H and O–H groups in total. The van der Waals surface area contributed by atoms with Gasteiger partial charge in [0.15, 0.2) is 0 Å². The Balaban J connectivity index is 1.39. The van der Waals surface area contributed by atoms with Gasteiger partial charge in [0.2, 0.25) is 6.33 Å². The van der Waals surface area contributed by atoms with E-state index in [1.807, 2.05) is 12.1 Å². The largest absolute Gasteiger partial charge is 0.243 e. The first kappa shape index (κ1) is 16.8. The second-order valence-electron chi connectivity index (χ2n) is 6.21. The zero-order chi connectivity index (χ0) is 16.6. The van der Waals surface area contributed by atoms with Gasteiger partial charge in [0.05, 0.1) is 13.1 Å². The van der Waals surface area contributed by atoms with Crippen molar-refractivity contribution in [1.29, 1.82) is 0 Å². The molecule has 0 saturated carbocycles. The molecule has 1 heterocycles. The Bertz CT molecular complexity index is 732. The summed E-state index contributed by atoms with van der Waals surface area (Å²) in [6.07, 6.45) is 11.1. The van der Waals surface area contributed by atoms with Crippen LogP contribution in [0.5, 0.6) is 0 Å². The first-order valence-electron chi connectivity index (χ1n) is 8.63. The normalized spacial score (nSPS) is 10.9. The van der Waals surface area contributed by atoms with Crippen LogP contribution in [0.3, 0.4) is 0 Å². The third kappa shape index (κ3) is 5.24. The minimum atomic E-state index is 0.811. The first-order chi connectivity index (χ1) is 11.8. The van der Waals surface area contributed by atoms with Crippen molar-refractivity contribution in [3.8, 4) is 0 Å². The second-order valence-corrected chi connectivity index (χ2v) is 6.64. The van der Waals surface area contributed by atoms with Gasteiger partial charge in [-0.15, -0.1) is 0 Å². The summed E-state index contributed by atoms with van der Waals surface area (Å²) in [5, 5.41) is 0.811. The Hall–Kier alpha value is -2.06. The maximum atomic E-state index is 5.91. The third-order valence-electron chi connectivity index (χ3n) is 4.29. The van der Waals surface area contributed by atoms with Crippen molar-refractivity contribution in [2.75, 3.05) is 0 Å². The van der Waals surface area contributed by atoms with Gasteiger partial charge in [-0.25, -0.2) is 9.13 Å². The van der Waals surface area contributed by atoms with Crippen LogP contribution in [0.4, 0.5) is 0 Å². The molecule has 0 atom stereocenters. The first-order valence-corrected chi connectivity index (χ1v) is 9.00. The quantitative estimate of drug-likeness (QED) is 0.415. The molecule has 0 saturated heterocycles. The van der Waals surface area contributed by atoms with Gasteiger partial charge in [0, 0.05) is 11.4 Å². The molecule has 124 valence electrons. The molecular weight excluding hydrogens is 316 g/mol. The van der Waals surface area contributed by atoms with Crippen molar-refractivity contribution in [3.63, 3.8) is 0 Å². The molecule has 0 aliphatic rings. The lowest BCUT2D eigenvalue weighted by Crippen LogP contribution is -2.31. The number of benzene rings is 2. The van der Waals surface area contributed by atoms with E-state index in [1.165, 1.54) is 24.0 Å². The van der Waals surface area contributed by atoms with E-state index in [0.717, 1.165) is 31.0 Å². The molecule has 2 nitrogen and oxygen atoms in total. The Morgan fingerprint density at radius 2 is 1.58 bits per heavy atom. The molecule has 0 spiro atoms. The van der Waals surface area contributed by atoms with Crippen LogP contribution in [0.2, 0.25) is 5.02 Å². The number of halogens is 1. The van der Waals surface area contributed by atoms with Crippen LogP contribution in [-0.4, -0.2) is 4.57 Å². The highest BCUT2D eigenvalue weighted by atomic mass is 35.5. The van der Waals surface area contributed by atoms with Gasteiger partial charge in [-0.05, 0) is 42.5 Å². The maximum Gasteiger partial charge on any atom is 0.243 e. The average molecular weight is 340 g/mol. The summed E-state index contributed by atoms with van der Waals surface area (Å²) in [6.45, 7) is 2.10. The summed E-state index contributed by atoms with van der Waals surface area (Å²) in [7, 11) is 0. The van der Waals surface area contributed by atoms with Crippen molar-refractivity contribution in [2.45, 2.75) is 38.8 Å². The molecule has 1 aromatic heterocycles. The van der Waals surface area contributed by atoms with E-state index in [-0.39, 0.29) is 0 Å². The molecule has 0 aliphatic heterocycles. The monoisotopic (exact) mass is 339 g/mol. The highest BCUT2D eigenvalue weighted by Gasteiger charge is 2.04. The Morgan fingerprint density at radius 1 is 0.833 bits per heavy atom. The third-order valence-corrected chi connectivity index (χ3v) is 4.54. The fraction of sp³-hybridized carbons (Fsp3) is 0.286. The predicted octanol–water partition coefficient (Wildman–Crippen LogP) is 4.69. The van der Waals surface area contributed by atoms with E-state index >= 15 is 0 Å². The van der Waals surface area contributed by atoms with E-state index in [1.54, 1.807) is 0 Å². The van der Waals surface area contributed by atoms with Crippen LogP contribution >= 0.6 is 11.6 Å². The number of hydrogen-bond donors (Lipinski definition) is 0. The summed E-state index contributed by atoms with van der Waals surface area (Å²) in [5.41, 5.74) is 2.76. The number of aromatic nitrogens is 2. The molecule has 0 unspecified atom stereocenters. The highest BCUT2D eigenvalue weighted by molar-refractivity contribution is 6.30. The van der Waals surface area contributed by atoms with Crippen molar-refractivity contribution in [3.05, 3.63) is 89.5 Å². The summed E-state index contributed by atoms with van der Waals surface area (Å²) in [6, 6.07) is 18.8. The van der Waals surface area contributed by atoms with Crippen LogP contribution in [0, 0.1) is 0 Å². The number of aryl methyl sites for hydroxylation is 4. The Labute approximate surface area is 149 Å². The van der Waals surface area contributed by atoms with Crippen LogP contribution in [0.25, 0.3) is 0 Å². The molecule has 0 bridgehead atoms. The SMILES string of the molecule is Clc1ccc(CCCC[n+]2ccn(CCc3ccccc3)c2)cc1. The van der Waals surface area contributed by atoms with Crippen LogP contribution < -0.4 is 4.57 Å². The van der Waals surface area contributed by atoms with Gasteiger partial charge in [0.25, 0.3) is 0 Å². The van der Waals surface area contributed by atoms with E-state index in [4.69, 9.17) is 11.6 Å². The molecule has 0 fully saturated rings. The average Bonchev–Trinajstić information content (AvgIpc) is 3.07. The molecule has 3 rings (SSSR count). The zero-order valence-corrected chi connectivity index (χ0v) is 14.7. The molecule has 3 heteroatoms. The lowest BCUT2D eigenvalue weighted by Gasteiger charge is -2.01. The van der Waals surface area contributed by atoms with Crippen molar-refractivity contribution < 1.29 is 4.57 Å². The molecule has 0 aliphatic carbocycles. The summed E-state index contributed by atoms with van der Waals surface area (Å²) < 4.78 is 4.55. The lowest BCUT2D eigenvalue weighted by atomic mass is 10.1. The summed E-state index contributed by atoms with van der Waals surface area (Å²) >= 11 is 5.91. The molecule has 24 heavy (non-hydrogen) atoms. The van der Waals surface area contributed by atoms with E-state index < -0.39 is 0 Å². The minimum Gasteiger partial charge on any atom is -0.237 e. The second kappa shape index (κ2) is 8.70. The van der Waals surface area contributed by atoms with Crippen molar-refractivity contribution in [2.24, 2.45) is 0 Å². The fourth-order valence-electron chi connectivity index (χ4n) is 2.88. The maximum absolute atomic E-state index is 5.91. The molecule has 2 aromatic carbocycles. The molecular formula is C21H24ClN2+. The van der Waals surface area contributed by atoms with Crippen LogP contribution in [-0.2, 0) is 25.9 Å². The molecule has 0 radical (unpaired) electrons. The number of imidazole rings is 1. The van der Waals surface area contributed by atoms with Gasteiger partial charge in [-0.1, -0.05) is 54.1 Å². The van der Waals surface area contributed by atoms with Gasteiger partial charge in [0.1, 0.15) is 12.4 Å². The Morgan fingerprint density at radius 3 is 2.38 bits per heavy atom. The standard InChI is InChI=1S/C21H24ClN2/c22-21-11-9-20(10-12-21)8-4-5-14-23-16-17-24(18-23)15-13-19-6-2-1-3-7-19/h1-3,6-7,9-12,16-18H,4-5,8,13-15H2/q+1. The topological polar surface area (TPSA) is 8.81 Å². The smallest absolute Gasteiger partial charge is 0.237 e. The zero-order valence-electron chi connectivity index (χ0n) is 13.9. The molecule has 0 amide bonds.